The number of rotatable bonds is 6. The second-order valence-electron chi connectivity index (χ2n) is 7.85. The Hall–Kier alpha value is -3.07. The Labute approximate surface area is 183 Å². The highest BCUT2D eigenvalue weighted by molar-refractivity contribution is 7.18. The molecule has 2 aromatic heterocycles. The second-order valence-corrected chi connectivity index (χ2v) is 8.93. The van der Waals surface area contributed by atoms with E-state index >= 15 is 0 Å². The first-order valence-corrected chi connectivity index (χ1v) is 11.2. The van der Waals surface area contributed by atoms with Crippen LogP contribution in [0.5, 0.6) is 0 Å². The zero-order valence-electron chi connectivity index (χ0n) is 17.5. The first-order chi connectivity index (χ1) is 15.0. The topological polar surface area (TPSA) is 103 Å². The van der Waals surface area contributed by atoms with Crippen molar-refractivity contribution in [3.05, 3.63) is 50.6 Å². The van der Waals surface area contributed by atoms with Crippen LogP contribution in [0.3, 0.4) is 0 Å². The summed E-state index contributed by atoms with van der Waals surface area (Å²) in [6, 6.07) is 6.50. The van der Waals surface area contributed by atoms with E-state index in [2.05, 4.69) is 22.6 Å². The molecular weight excluding hydrogens is 416 g/mol. The minimum absolute atomic E-state index is 0.257. The molecule has 0 aliphatic heterocycles. The normalized spacial score (nSPS) is 15.5. The van der Waals surface area contributed by atoms with Crippen LogP contribution in [0.1, 0.15) is 47.5 Å². The number of fused-ring (bicyclic) bond motifs is 3. The Bertz CT molecular complexity index is 1200. The van der Waals surface area contributed by atoms with E-state index in [-0.39, 0.29) is 12.1 Å². The molecule has 0 fully saturated rings. The maximum atomic E-state index is 13.0. The number of carbonyl (C=O) groups excluding carboxylic acids is 2. The molecule has 0 bridgehead atoms. The highest BCUT2D eigenvalue weighted by Gasteiger charge is 2.24. The first kappa shape index (κ1) is 21.2. The summed E-state index contributed by atoms with van der Waals surface area (Å²) in [6.07, 6.45) is 3.57. The standard InChI is InChI=1S/C22H24N4O4S/c1-3-9-30-22(29)14-5-4-6-15(11-14)23-18(27)12-26-21(28)19-16-8-7-13(2)10-17(16)31-20(19)24-25-26/h4-6,11,13H,3,7-10,12H2,1-2H3,(H,23,27)/t13-/m1/s1. The molecule has 3 aromatic rings. The summed E-state index contributed by atoms with van der Waals surface area (Å²) in [6.45, 7) is 4.21. The van der Waals surface area contributed by atoms with Crippen LogP contribution in [0.15, 0.2) is 29.1 Å². The number of benzene rings is 1. The average Bonchev–Trinajstić information content (AvgIpc) is 3.12. The summed E-state index contributed by atoms with van der Waals surface area (Å²) in [7, 11) is 0. The lowest BCUT2D eigenvalue weighted by molar-refractivity contribution is -0.117. The van der Waals surface area contributed by atoms with E-state index in [1.807, 2.05) is 6.92 Å². The number of anilines is 1. The van der Waals surface area contributed by atoms with Gasteiger partial charge in [-0.05, 0) is 55.4 Å². The lowest BCUT2D eigenvalue weighted by Crippen LogP contribution is -2.30. The van der Waals surface area contributed by atoms with Gasteiger partial charge in [0.15, 0.2) is 4.83 Å². The molecule has 162 valence electrons. The molecular formula is C22H24N4O4S. The monoisotopic (exact) mass is 440 g/mol. The number of amides is 1. The van der Waals surface area contributed by atoms with Crippen LogP contribution in [0, 0.1) is 5.92 Å². The van der Waals surface area contributed by atoms with E-state index in [1.54, 1.807) is 24.3 Å². The van der Waals surface area contributed by atoms with Crippen LogP contribution < -0.4 is 10.9 Å². The molecule has 1 aliphatic rings. The number of thiophene rings is 1. The van der Waals surface area contributed by atoms with Gasteiger partial charge in [0, 0.05) is 10.6 Å². The fraction of sp³-hybridized carbons (Fsp3) is 0.409. The number of hydrogen-bond donors (Lipinski definition) is 1. The van der Waals surface area contributed by atoms with Gasteiger partial charge in [-0.2, -0.15) is 0 Å². The van der Waals surface area contributed by atoms with Crippen molar-refractivity contribution >= 4 is 39.1 Å². The molecule has 1 amide bonds. The van der Waals surface area contributed by atoms with E-state index in [1.165, 1.54) is 16.2 Å². The lowest BCUT2D eigenvalue weighted by Gasteiger charge is -2.17. The average molecular weight is 441 g/mol. The largest absolute Gasteiger partial charge is 0.462 e. The van der Waals surface area contributed by atoms with Crippen molar-refractivity contribution in [1.29, 1.82) is 0 Å². The Morgan fingerprint density at radius 1 is 1.35 bits per heavy atom. The van der Waals surface area contributed by atoms with Crippen LogP contribution in [0.2, 0.25) is 0 Å². The van der Waals surface area contributed by atoms with Crippen molar-refractivity contribution in [2.45, 2.75) is 46.1 Å². The fourth-order valence-corrected chi connectivity index (χ4v) is 5.05. The highest BCUT2D eigenvalue weighted by atomic mass is 32.1. The predicted octanol–water partition coefficient (Wildman–Crippen LogP) is 3.18. The second kappa shape index (κ2) is 8.97. The molecule has 0 spiro atoms. The van der Waals surface area contributed by atoms with E-state index < -0.39 is 11.9 Å². The minimum atomic E-state index is -0.443. The Balaban J connectivity index is 1.51. The fourth-order valence-electron chi connectivity index (χ4n) is 3.73. The van der Waals surface area contributed by atoms with Crippen LogP contribution in [0.4, 0.5) is 5.69 Å². The molecule has 8 nitrogen and oxygen atoms in total. The van der Waals surface area contributed by atoms with Crippen LogP contribution in [-0.2, 0) is 28.9 Å². The SMILES string of the molecule is CCCOC(=O)c1cccc(NC(=O)Cn2nnc3sc4c(c3c2=O)CC[C@@H](C)C4)c1. The van der Waals surface area contributed by atoms with Crippen molar-refractivity contribution in [3.63, 3.8) is 0 Å². The Kier molecular flexibility index (Phi) is 6.13. The highest BCUT2D eigenvalue weighted by Crippen LogP contribution is 2.35. The van der Waals surface area contributed by atoms with Gasteiger partial charge in [0.2, 0.25) is 5.91 Å². The van der Waals surface area contributed by atoms with Gasteiger partial charge in [-0.15, -0.1) is 16.4 Å². The third-order valence-electron chi connectivity index (χ3n) is 5.30. The molecule has 0 unspecified atom stereocenters. The maximum Gasteiger partial charge on any atom is 0.338 e. The van der Waals surface area contributed by atoms with Crippen molar-refractivity contribution in [1.82, 2.24) is 15.0 Å². The van der Waals surface area contributed by atoms with Gasteiger partial charge in [0.1, 0.15) is 6.54 Å². The molecule has 0 saturated carbocycles. The van der Waals surface area contributed by atoms with Crippen molar-refractivity contribution in [2.24, 2.45) is 5.92 Å². The number of nitrogens with one attached hydrogen (secondary N) is 1. The molecule has 2 heterocycles. The number of aromatic nitrogens is 3. The Morgan fingerprint density at radius 3 is 3.00 bits per heavy atom. The molecule has 0 saturated heterocycles. The predicted molar refractivity (Wildman–Crippen MR) is 119 cm³/mol. The van der Waals surface area contributed by atoms with E-state index in [4.69, 9.17) is 4.74 Å². The summed E-state index contributed by atoms with van der Waals surface area (Å²) in [5.41, 5.74) is 1.57. The third kappa shape index (κ3) is 4.51. The van der Waals surface area contributed by atoms with Gasteiger partial charge in [-0.3, -0.25) is 9.59 Å². The minimum Gasteiger partial charge on any atom is -0.462 e. The van der Waals surface area contributed by atoms with Gasteiger partial charge in [-0.1, -0.05) is 25.1 Å². The smallest absolute Gasteiger partial charge is 0.338 e. The zero-order chi connectivity index (χ0) is 22.0. The van der Waals surface area contributed by atoms with E-state index in [0.717, 1.165) is 35.9 Å². The van der Waals surface area contributed by atoms with Crippen LogP contribution >= 0.6 is 11.3 Å². The summed E-state index contributed by atoms with van der Waals surface area (Å²) in [4.78, 5) is 39.4. The number of esters is 1. The van der Waals surface area contributed by atoms with Crippen LogP contribution in [-0.4, -0.2) is 33.5 Å². The number of ether oxygens (including phenoxy) is 1. The third-order valence-corrected chi connectivity index (χ3v) is 6.44. The number of carbonyl (C=O) groups is 2. The molecule has 9 heteroatoms. The lowest BCUT2D eigenvalue weighted by atomic mass is 9.89. The molecule has 1 aliphatic carbocycles. The van der Waals surface area contributed by atoms with Crippen molar-refractivity contribution < 1.29 is 14.3 Å². The number of aryl methyl sites for hydroxylation is 1. The molecule has 1 N–H and O–H groups in total. The van der Waals surface area contributed by atoms with Gasteiger partial charge >= 0.3 is 5.97 Å². The van der Waals surface area contributed by atoms with E-state index in [9.17, 15) is 14.4 Å². The molecule has 4 rings (SSSR count). The van der Waals surface area contributed by atoms with Crippen LogP contribution in [0.25, 0.3) is 10.2 Å². The van der Waals surface area contributed by atoms with Gasteiger partial charge < -0.3 is 10.1 Å². The van der Waals surface area contributed by atoms with Gasteiger partial charge in [0.05, 0.1) is 17.6 Å². The quantitative estimate of drug-likeness (QED) is 0.591. The van der Waals surface area contributed by atoms with Gasteiger partial charge in [0.25, 0.3) is 5.56 Å². The maximum absolute atomic E-state index is 13.0. The summed E-state index contributed by atoms with van der Waals surface area (Å²) in [5.74, 6) is -0.272. The van der Waals surface area contributed by atoms with Crippen molar-refractivity contribution in [2.75, 3.05) is 11.9 Å². The molecule has 0 radical (unpaired) electrons. The summed E-state index contributed by atoms with van der Waals surface area (Å²) in [5, 5.41) is 11.4. The molecule has 31 heavy (non-hydrogen) atoms. The zero-order valence-corrected chi connectivity index (χ0v) is 18.3. The molecule has 1 aromatic carbocycles. The van der Waals surface area contributed by atoms with E-state index in [0.29, 0.717) is 34.0 Å². The summed E-state index contributed by atoms with van der Waals surface area (Å²) < 4.78 is 6.22. The first-order valence-electron chi connectivity index (χ1n) is 10.4. The van der Waals surface area contributed by atoms with Crippen molar-refractivity contribution in [3.8, 4) is 0 Å². The number of nitrogens with zero attached hydrogens (tertiary/aromatic N) is 3. The number of hydrogen-bond acceptors (Lipinski definition) is 7. The Morgan fingerprint density at radius 2 is 2.19 bits per heavy atom. The molecule has 1 atom stereocenters. The summed E-state index contributed by atoms with van der Waals surface area (Å²) >= 11 is 1.53. The van der Waals surface area contributed by atoms with Gasteiger partial charge in [-0.25, -0.2) is 9.48 Å².